The number of nitrogens with zero attached hydrogens (tertiary/aromatic N) is 1. The van der Waals surface area contributed by atoms with Crippen molar-refractivity contribution < 1.29 is 19.8 Å². The molecule has 5 heteroatoms. The average molecular weight is 223 g/mol. The number of phenols is 1. The average Bonchev–Trinajstić information content (AvgIpc) is 2.25. The van der Waals surface area contributed by atoms with Gasteiger partial charge in [-0.15, -0.1) is 0 Å². The first-order valence-electron chi connectivity index (χ1n) is 4.77. The molecular formula is C11H13NO4. The van der Waals surface area contributed by atoms with Crippen molar-refractivity contribution in [2.45, 2.75) is 6.42 Å². The van der Waals surface area contributed by atoms with Gasteiger partial charge in [0.25, 0.3) is 5.91 Å². The van der Waals surface area contributed by atoms with Gasteiger partial charge in [-0.25, -0.2) is 0 Å². The predicted octanol–water partition coefficient (Wildman–Crippen LogP) is 0.939. The number of aromatic hydroxyl groups is 1. The molecule has 1 rings (SSSR count). The molecule has 0 aliphatic rings. The van der Waals surface area contributed by atoms with Crippen molar-refractivity contribution in [2.24, 2.45) is 0 Å². The van der Waals surface area contributed by atoms with Crippen LogP contribution in [0.1, 0.15) is 16.8 Å². The Hall–Kier alpha value is -2.04. The van der Waals surface area contributed by atoms with Gasteiger partial charge >= 0.3 is 5.97 Å². The van der Waals surface area contributed by atoms with E-state index >= 15 is 0 Å². The molecule has 0 saturated carbocycles. The van der Waals surface area contributed by atoms with Crippen molar-refractivity contribution in [2.75, 3.05) is 13.6 Å². The summed E-state index contributed by atoms with van der Waals surface area (Å²) in [6.45, 7) is 0.114. The third-order valence-electron chi connectivity index (χ3n) is 2.14. The van der Waals surface area contributed by atoms with Crippen LogP contribution in [0.5, 0.6) is 5.75 Å². The molecule has 1 amide bonds. The monoisotopic (exact) mass is 223 g/mol. The second-order valence-corrected chi connectivity index (χ2v) is 3.39. The van der Waals surface area contributed by atoms with E-state index in [0.29, 0.717) is 0 Å². The first-order chi connectivity index (χ1) is 7.52. The maximum absolute atomic E-state index is 11.8. The highest BCUT2D eigenvalue weighted by Crippen LogP contribution is 2.17. The van der Waals surface area contributed by atoms with E-state index in [4.69, 9.17) is 5.11 Å². The van der Waals surface area contributed by atoms with Crippen molar-refractivity contribution in [3.63, 3.8) is 0 Å². The highest BCUT2D eigenvalue weighted by molar-refractivity contribution is 5.96. The lowest BCUT2D eigenvalue weighted by molar-refractivity contribution is -0.137. The summed E-state index contributed by atoms with van der Waals surface area (Å²) in [4.78, 5) is 23.4. The van der Waals surface area contributed by atoms with Crippen LogP contribution in [0.15, 0.2) is 24.3 Å². The summed E-state index contributed by atoms with van der Waals surface area (Å²) in [5.41, 5.74) is 0.176. The van der Waals surface area contributed by atoms with Crippen molar-refractivity contribution in [3.05, 3.63) is 29.8 Å². The maximum Gasteiger partial charge on any atom is 0.305 e. The van der Waals surface area contributed by atoms with Gasteiger partial charge in [0.15, 0.2) is 0 Å². The van der Waals surface area contributed by atoms with Crippen LogP contribution in [-0.2, 0) is 4.79 Å². The van der Waals surface area contributed by atoms with Gasteiger partial charge < -0.3 is 15.1 Å². The fraction of sp³-hybridized carbons (Fsp3) is 0.273. The molecule has 0 radical (unpaired) electrons. The van der Waals surface area contributed by atoms with Crippen LogP contribution >= 0.6 is 0 Å². The van der Waals surface area contributed by atoms with E-state index in [2.05, 4.69) is 0 Å². The van der Waals surface area contributed by atoms with Crippen LogP contribution in [0.25, 0.3) is 0 Å². The Labute approximate surface area is 92.9 Å². The minimum absolute atomic E-state index is 0.102. The van der Waals surface area contributed by atoms with Crippen LogP contribution in [0.3, 0.4) is 0 Å². The summed E-state index contributed by atoms with van der Waals surface area (Å²) in [5.74, 6) is -1.45. The number of aliphatic carboxylic acids is 1. The van der Waals surface area contributed by atoms with Gasteiger partial charge in [-0.2, -0.15) is 0 Å². The van der Waals surface area contributed by atoms with E-state index in [9.17, 15) is 14.7 Å². The summed E-state index contributed by atoms with van der Waals surface area (Å²) >= 11 is 0. The summed E-state index contributed by atoms with van der Waals surface area (Å²) < 4.78 is 0. The van der Waals surface area contributed by atoms with Crippen molar-refractivity contribution in [3.8, 4) is 5.75 Å². The molecule has 1 aromatic carbocycles. The van der Waals surface area contributed by atoms with Gasteiger partial charge in [0.1, 0.15) is 5.75 Å². The first-order valence-corrected chi connectivity index (χ1v) is 4.77. The number of phenolic OH excluding ortho intramolecular Hbond substituents is 1. The molecule has 1 aromatic rings. The number of rotatable bonds is 4. The van der Waals surface area contributed by atoms with Crippen LogP contribution in [0, 0.1) is 0 Å². The Morgan fingerprint density at radius 2 is 1.94 bits per heavy atom. The fourth-order valence-electron chi connectivity index (χ4n) is 1.23. The van der Waals surface area contributed by atoms with Gasteiger partial charge in [-0.3, -0.25) is 9.59 Å². The molecule has 5 nitrogen and oxygen atoms in total. The molecule has 0 heterocycles. The van der Waals surface area contributed by atoms with Gasteiger partial charge in [-0.1, -0.05) is 12.1 Å². The van der Waals surface area contributed by atoms with Crippen LogP contribution < -0.4 is 0 Å². The molecule has 2 N–H and O–H groups in total. The molecule has 0 fully saturated rings. The van der Waals surface area contributed by atoms with E-state index in [-0.39, 0.29) is 30.2 Å². The minimum atomic E-state index is -0.961. The molecule has 0 aliphatic heterocycles. The number of carboxylic acids is 1. The molecule has 0 spiro atoms. The molecule has 16 heavy (non-hydrogen) atoms. The van der Waals surface area contributed by atoms with Crippen molar-refractivity contribution in [1.29, 1.82) is 0 Å². The molecule has 0 unspecified atom stereocenters. The van der Waals surface area contributed by atoms with E-state index in [1.165, 1.54) is 24.1 Å². The number of carboxylic acid groups (broad SMARTS) is 1. The smallest absolute Gasteiger partial charge is 0.305 e. The quantitative estimate of drug-likeness (QED) is 0.796. The van der Waals surface area contributed by atoms with E-state index in [1.54, 1.807) is 12.1 Å². The second kappa shape index (κ2) is 5.16. The lowest BCUT2D eigenvalue weighted by Gasteiger charge is -2.16. The Bertz CT molecular complexity index is 403. The molecular weight excluding hydrogens is 210 g/mol. The van der Waals surface area contributed by atoms with Crippen molar-refractivity contribution in [1.82, 2.24) is 4.90 Å². The summed E-state index contributed by atoms with van der Waals surface area (Å²) in [6, 6.07) is 6.16. The Morgan fingerprint density at radius 1 is 1.31 bits per heavy atom. The lowest BCUT2D eigenvalue weighted by atomic mass is 10.2. The number of amides is 1. The predicted molar refractivity (Wildman–Crippen MR) is 57.3 cm³/mol. The highest BCUT2D eigenvalue weighted by atomic mass is 16.4. The van der Waals surface area contributed by atoms with Gasteiger partial charge in [0.2, 0.25) is 0 Å². The molecule has 0 bridgehead atoms. The largest absolute Gasteiger partial charge is 0.507 e. The number of benzene rings is 1. The lowest BCUT2D eigenvalue weighted by Crippen LogP contribution is -2.29. The van der Waals surface area contributed by atoms with E-state index < -0.39 is 5.97 Å². The highest BCUT2D eigenvalue weighted by Gasteiger charge is 2.15. The Morgan fingerprint density at radius 3 is 2.50 bits per heavy atom. The van der Waals surface area contributed by atoms with Crippen LogP contribution in [0.4, 0.5) is 0 Å². The molecule has 0 aromatic heterocycles. The normalized spacial score (nSPS) is 9.81. The molecule has 0 aliphatic carbocycles. The van der Waals surface area contributed by atoms with Crippen LogP contribution in [-0.4, -0.2) is 40.6 Å². The Balaban J connectivity index is 2.71. The van der Waals surface area contributed by atoms with Gasteiger partial charge in [0.05, 0.1) is 12.0 Å². The zero-order valence-electron chi connectivity index (χ0n) is 8.88. The van der Waals surface area contributed by atoms with Gasteiger partial charge in [-0.05, 0) is 12.1 Å². The minimum Gasteiger partial charge on any atom is -0.507 e. The number of carbonyl (C=O) groups excluding carboxylic acids is 1. The summed E-state index contributed by atoms with van der Waals surface area (Å²) in [7, 11) is 1.50. The standard InChI is InChI=1S/C11H13NO4/c1-12(7-6-10(14)15)11(16)8-4-2-3-5-9(8)13/h2-5,13H,6-7H2,1H3,(H,14,15). The molecule has 86 valence electrons. The summed E-state index contributed by atoms with van der Waals surface area (Å²) in [5, 5.41) is 17.9. The number of para-hydroxylation sites is 1. The zero-order chi connectivity index (χ0) is 12.1. The third-order valence-corrected chi connectivity index (χ3v) is 2.14. The maximum atomic E-state index is 11.8. The summed E-state index contributed by atoms with van der Waals surface area (Å²) in [6.07, 6.45) is -0.115. The zero-order valence-corrected chi connectivity index (χ0v) is 8.88. The van der Waals surface area contributed by atoms with Crippen molar-refractivity contribution >= 4 is 11.9 Å². The Kier molecular flexibility index (Phi) is 3.88. The van der Waals surface area contributed by atoms with Crippen LogP contribution in [0.2, 0.25) is 0 Å². The molecule has 0 atom stereocenters. The van der Waals surface area contributed by atoms with E-state index in [0.717, 1.165) is 0 Å². The SMILES string of the molecule is CN(CCC(=O)O)C(=O)c1ccccc1O. The van der Waals surface area contributed by atoms with E-state index in [1.807, 2.05) is 0 Å². The fourth-order valence-corrected chi connectivity index (χ4v) is 1.23. The number of hydrogen-bond donors (Lipinski definition) is 2. The first kappa shape index (κ1) is 12.0. The number of hydrogen-bond acceptors (Lipinski definition) is 3. The number of carbonyl (C=O) groups is 2. The second-order valence-electron chi connectivity index (χ2n) is 3.39. The third kappa shape index (κ3) is 2.98. The topological polar surface area (TPSA) is 77.8 Å². The molecule has 0 saturated heterocycles. The van der Waals surface area contributed by atoms with Gasteiger partial charge in [0, 0.05) is 13.6 Å².